The lowest BCUT2D eigenvalue weighted by atomic mass is 10.2. The average molecular weight is 269 g/mol. The van der Waals surface area contributed by atoms with Crippen LogP contribution in [0.2, 0.25) is 0 Å². The summed E-state index contributed by atoms with van der Waals surface area (Å²) >= 11 is 0. The number of aromatic carboxylic acids is 1. The molecule has 0 saturated heterocycles. The molecular formula is C14H11N3O3. The van der Waals surface area contributed by atoms with Gasteiger partial charge >= 0.3 is 5.97 Å². The number of hydrogen-bond donors (Lipinski definition) is 1. The maximum atomic E-state index is 10.8. The third-order valence-electron chi connectivity index (χ3n) is 2.79. The molecule has 0 atom stereocenters. The molecule has 20 heavy (non-hydrogen) atoms. The molecular weight excluding hydrogens is 258 g/mol. The van der Waals surface area contributed by atoms with Gasteiger partial charge in [-0.25, -0.2) is 14.3 Å². The van der Waals surface area contributed by atoms with Crippen LogP contribution in [0.4, 0.5) is 0 Å². The maximum absolute atomic E-state index is 10.8. The molecule has 0 unspecified atom stereocenters. The molecule has 0 saturated carbocycles. The van der Waals surface area contributed by atoms with Crippen molar-refractivity contribution < 1.29 is 14.6 Å². The molecule has 2 aromatic heterocycles. The minimum atomic E-state index is -0.969. The molecule has 2 heterocycles. The lowest BCUT2D eigenvalue weighted by molar-refractivity contribution is 0.0697. The third kappa shape index (κ3) is 2.18. The number of hydrogen-bond acceptors (Lipinski definition) is 4. The van der Waals surface area contributed by atoms with Crippen molar-refractivity contribution in [1.29, 1.82) is 0 Å². The average Bonchev–Trinajstić information content (AvgIpc) is 2.81. The van der Waals surface area contributed by atoms with Crippen molar-refractivity contribution in [2.24, 2.45) is 0 Å². The molecule has 0 fully saturated rings. The topological polar surface area (TPSA) is 76.7 Å². The highest BCUT2D eigenvalue weighted by molar-refractivity contribution is 5.87. The van der Waals surface area contributed by atoms with Crippen molar-refractivity contribution in [2.75, 3.05) is 0 Å². The first-order valence-electron chi connectivity index (χ1n) is 5.96. The Balaban J connectivity index is 1.94. The van der Waals surface area contributed by atoms with Crippen molar-refractivity contribution in [2.45, 2.75) is 6.92 Å². The summed E-state index contributed by atoms with van der Waals surface area (Å²) in [4.78, 5) is 15.0. The van der Waals surface area contributed by atoms with Gasteiger partial charge in [-0.1, -0.05) is 0 Å². The normalized spacial score (nSPS) is 10.7. The minimum Gasteiger partial charge on any atom is -0.478 e. The summed E-state index contributed by atoms with van der Waals surface area (Å²) in [6.07, 6.45) is 3.34. The SMILES string of the molecule is Cc1cc2c(Oc3ccc(C(=O)O)cc3)nccn2n1. The molecule has 6 heteroatoms. The predicted molar refractivity (Wildman–Crippen MR) is 71.2 cm³/mol. The van der Waals surface area contributed by atoms with E-state index in [0.717, 1.165) is 11.2 Å². The van der Waals surface area contributed by atoms with Crippen molar-refractivity contribution >= 4 is 11.5 Å². The van der Waals surface area contributed by atoms with Crippen LogP contribution in [0.3, 0.4) is 0 Å². The summed E-state index contributed by atoms with van der Waals surface area (Å²) in [6.45, 7) is 1.89. The zero-order valence-electron chi connectivity index (χ0n) is 10.6. The summed E-state index contributed by atoms with van der Waals surface area (Å²) < 4.78 is 7.36. The monoisotopic (exact) mass is 269 g/mol. The molecule has 6 nitrogen and oxygen atoms in total. The second-order valence-corrected chi connectivity index (χ2v) is 4.28. The van der Waals surface area contributed by atoms with E-state index in [9.17, 15) is 4.79 Å². The highest BCUT2D eigenvalue weighted by atomic mass is 16.5. The van der Waals surface area contributed by atoms with Crippen LogP contribution in [0, 0.1) is 6.92 Å². The molecule has 0 aliphatic heterocycles. The Bertz CT molecular complexity index is 778. The summed E-state index contributed by atoms with van der Waals surface area (Å²) in [7, 11) is 0. The predicted octanol–water partition coefficient (Wildman–Crippen LogP) is 2.53. The minimum absolute atomic E-state index is 0.212. The number of nitrogens with zero attached hydrogens (tertiary/aromatic N) is 3. The molecule has 0 spiro atoms. The molecule has 100 valence electrons. The molecule has 0 bridgehead atoms. The van der Waals surface area contributed by atoms with Crippen LogP contribution in [-0.4, -0.2) is 25.7 Å². The molecule has 1 aromatic carbocycles. The van der Waals surface area contributed by atoms with Crippen molar-refractivity contribution in [3.63, 3.8) is 0 Å². The number of fused-ring (bicyclic) bond motifs is 1. The van der Waals surface area contributed by atoms with E-state index < -0.39 is 5.97 Å². The van der Waals surface area contributed by atoms with Gasteiger partial charge in [-0.3, -0.25) is 0 Å². The quantitative estimate of drug-likeness (QED) is 0.790. The first kappa shape index (κ1) is 12.2. The highest BCUT2D eigenvalue weighted by Crippen LogP contribution is 2.24. The third-order valence-corrected chi connectivity index (χ3v) is 2.79. The van der Waals surface area contributed by atoms with Crippen molar-refractivity contribution in [1.82, 2.24) is 14.6 Å². The number of rotatable bonds is 3. The first-order valence-corrected chi connectivity index (χ1v) is 5.96. The zero-order valence-corrected chi connectivity index (χ0v) is 10.6. The van der Waals surface area contributed by atoms with Crippen LogP contribution >= 0.6 is 0 Å². The lowest BCUT2D eigenvalue weighted by Gasteiger charge is -2.05. The maximum Gasteiger partial charge on any atom is 0.335 e. The van der Waals surface area contributed by atoms with Crippen LogP contribution < -0.4 is 4.74 Å². The summed E-state index contributed by atoms with van der Waals surface area (Å²) in [6, 6.07) is 8.03. The fourth-order valence-corrected chi connectivity index (χ4v) is 1.88. The molecule has 0 amide bonds. The van der Waals surface area contributed by atoms with Gasteiger partial charge < -0.3 is 9.84 Å². The summed E-state index contributed by atoms with van der Waals surface area (Å²) in [5.74, 6) is -0.0196. The molecule has 0 aliphatic rings. The number of ether oxygens (including phenoxy) is 1. The van der Waals surface area contributed by atoms with Gasteiger partial charge in [0.25, 0.3) is 0 Å². The number of carboxylic acid groups (broad SMARTS) is 1. The van der Waals surface area contributed by atoms with Crippen LogP contribution in [0.15, 0.2) is 42.7 Å². The molecule has 1 N–H and O–H groups in total. The number of carboxylic acids is 1. The number of aryl methyl sites for hydroxylation is 1. The molecule has 3 aromatic rings. The van der Waals surface area contributed by atoms with Gasteiger partial charge in [0.15, 0.2) is 0 Å². The standard InChI is InChI=1S/C14H11N3O3/c1-9-8-12-13(15-6-7-17(12)16-9)20-11-4-2-10(3-5-11)14(18)19/h2-8H,1H3,(H,18,19). The van der Waals surface area contributed by atoms with Crippen LogP contribution in [0.5, 0.6) is 11.6 Å². The fourth-order valence-electron chi connectivity index (χ4n) is 1.88. The Morgan fingerprint density at radius 2 is 2.05 bits per heavy atom. The Morgan fingerprint density at radius 1 is 1.30 bits per heavy atom. The Kier molecular flexibility index (Phi) is 2.83. The summed E-state index contributed by atoms with van der Waals surface area (Å²) in [5, 5.41) is 13.1. The van der Waals surface area contributed by atoms with Gasteiger partial charge in [0, 0.05) is 12.4 Å². The molecule has 0 aliphatic carbocycles. The van der Waals surface area contributed by atoms with Gasteiger partial charge in [0.1, 0.15) is 11.3 Å². The van der Waals surface area contributed by atoms with E-state index in [1.165, 1.54) is 12.1 Å². The second-order valence-electron chi connectivity index (χ2n) is 4.28. The Morgan fingerprint density at radius 3 is 2.75 bits per heavy atom. The molecule has 0 radical (unpaired) electrons. The fraction of sp³-hybridized carbons (Fsp3) is 0.0714. The zero-order chi connectivity index (χ0) is 14.1. The van der Waals surface area contributed by atoms with E-state index >= 15 is 0 Å². The first-order chi connectivity index (χ1) is 9.63. The van der Waals surface area contributed by atoms with Crippen LogP contribution in [-0.2, 0) is 0 Å². The number of benzene rings is 1. The van der Waals surface area contributed by atoms with Gasteiger partial charge in [0.05, 0.1) is 11.3 Å². The Labute approximate surface area is 114 Å². The van der Waals surface area contributed by atoms with Crippen LogP contribution in [0.25, 0.3) is 5.52 Å². The van der Waals surface area contributed by atoms with E-state index in [1.807, 2.05) is 13.0 Å². The highest BCUT2D eigenvalue weighted by Gasteiger charge is 2.08. The Hall–Kier alpha value is -2.89. The van der Waals surface area contributed by atoms with E-state index in [4.69, 9.17) is 9.84 Å². The molecule has 3 rings (SSSR count). The largest absolute Gasteiger partial charge is 0.478 e. The van der Waals surface area contributed by atoms with Gasteiger partial charge in [-0.2, -0.15) is 5.10 Å². The van der Waals surface area contributed by atoms with E-state index in [-0.39, 0.29) is 5.56 Å². The number of aromatic nitrogens is 3. The van der Waals surface area contributed by atoms with Gasteiger partial charge in [-0.15, -0.1) is 0 Å². The van der Waals surface area contributed by atoms with Crippen molar-refractivity contribution in [3.05, 3.63) is 54.0 Å². The van der Waals surface area contributed by atoms with Gasteiger partial charge in [-0.05, 0) is 37.3 Å². The second kappa shape index (κ2) is 4.65. The van der Waals surface area contributed by atoms with E-state index in [2.05, 4.69) is 10.1 Å². The summed E-state index contributed by atoms with van der Waals surface area (Å²) in [5.41, 5.74) is 1.83. The van der Waals surface area contributed by atoms with Crippen molar-refractivity contribution in [3.8, 4) is 11.6 Å². The van der Waals surface area contributed by atoms with E-state index in [0.29, 0.717) is 11.6 Å². The lowest BCUT2D eigenvalue weighted by Crippen LogP contribution is -1.96. The smallest absolute Gasteiger partial charge is 0.335 e. The van der Waals surface area contributed by atoms with Crippen LogP contribution in [0.1, 0.15) is 16.1 Å². The van der Waals surface area contributed by atoms with E-state index in [1.54, 1.807) is 29.0 Å². The van der Waals surface area contributed by atoms with Gasteiger partial charge in [0.2, 0.25) is 5.88 Å². The number of carbonyl (C=O) groups is 1.